The van der Waals surface area contributed by atoms with E-state index in [1.807, 2.05) is 0 Å². The van der Waals surface area contributed by atoms with Crippen LogP contribution < -0.4 is 0 Å². The normalized spacial score (nSPS) is 14.4. The number of hydrogen-bond acceptors (Lipinski definition) is 3. The van der Waals surface area contributed by atoms with Gasteiger partial charge in [-0.05, 0) is 6.42 Å². The molecule has 4 nitrogen and oxygen atoms in total. The van der Waals surface area contributed by atoms with Crippen LogP contribution in [0.5, 0.6) is 0 Å². The zero-order valence-corrected chi connectivity index (χ0v) is 14.3. The number of carbonyl (C=O) groups is 2. The van der Waals surface area contributed by atoms with Crippen LogP contribution in [0, 0.1) is 0 Å². The van der Waals surface area contributed by atoms with E-state index in [0.717, 1.165) is 12.8 Å². The Kier molecular flexibility index (Phi) is 10.8. The number of hydrogen-bond donors (Lipinski definition) is 0. The van der Waals surface area contributed by atoms with Crippen LogP contribution in [-0.4, -0.2) is 30.1 Å². The fourth-order valence-corrected chi connectivity index (χ4v) is 2.87. The van der Waals surface area contributed by atoms with Crippen LogP contribution in [0.2, 0.25) is 0 Å². The van der Waals surface area contributed by atoms with Gasteiger partial charge >= 0.3 is 6.09 Å². The van der Waals surface area contributed by atoms with Crippen molar-refractivity contribution in [3.8, 4) is 0 Å². The summed E-state index contributed by atoms with van der Waals surface area (Å²) in [7, 11) is 0. The molecule has 22 heavy (non-hydrogen) atoms. The summed E-state index contributed by atoms with van der Waals surface area (Å²) in [4.78, 5) is 24.2. The highest BCUT2D eigenvalue weighted by atomic mass is 16.6. The molecule has 1 fully saturated rings. The molecule has 0 atom stereocenters. The molecule has 0 aliphatic carbocycles. The minimum atomic E-state index is -0.469. The van der Waals surface area contributed by atoms with E-state index in [2.05, 4.69) is 6.92 Å². The van der Waals surface area contributed by atoms with E-state index < -0.39 is 6.09 Å². The molecule has 128 valence electrons. The van der Waals surface area contributed by atoms with E-state index in [0.29, 0.717) is 19.6 Å². The van der Waals surface area contributed by atoms with Gasteiger partial charge in [-0.25, -0.2) is 9.69 Å². The Balaban J connectivity index is 1.82. The number of carbonyl (C=O) groups excluding carboxylic acids is 2. The highest BCUT2D eigenvalue weighted by molar-refractivity contribution is 5.92. The molecule has 0 unspecified atom stereocenters. The Hall–Kier alpha value is -1.06. The predicted molar refractivity (Wildman–Crippen MR) is 88.8 cm³/mol. The van der Waals surface area contributed by atoms with Crippen molar-refractivity contribution >= 4 is 12.0 Å². The molecule has 1 saturated heterocycles. The minimum absolute atomic E-state index is 0.0745. The van der Waals surface area contributed by atoms with Crippen LogP contribution >= 0.6 is 0 Å². The SMILES string of the molecule is CCCCCCCCCCCCCCC(=O)N1CCOC1=O. The van der Waals surface area contributed by atoms with Gasteiger partial charge in [-0.3, -0.25) is 4.79 Å². The van der Waals surface area contributed by atoms with Gasteiger partial charge in [0.05, 0.1) is 6.54 Å². The summed E-state index contributed by atoms with van der Waals surface area (Å²) >= 11 is 0. The molecule has 1 aliphatic rings. The van der Waals surface area contributed by atoms with Crippen molar-refractivity contribution in [1.82, 2.24) is 4.90 Å². The average molecular weight is 311 g/mol. The first-order valence-electron chi connectivity index (χ1n) is 9.23. The summed E-state index contributed by atoms with van der Waals surface area (Å²) in [5.41, 5.74) is 0. The topological polar surface area (TPSA) is 46.6 Å². The highest BCUT2D eigenvalue weighted by Gasteiger charge is 2.27. The lowest BCUT2D eigenvalue weighted by molar-refractivity contribution is -0.127. The smallest absolute Gasteiger partial charge is 0.416 e. The molecule has 4 heteroatoms. The molecule has 1 heterocycles. The quantitative estimate of drug-likeness (QED) is 0.447. The molecule has 0 aromatic rings. The predicted octanol–water partition coefficient (Wildman–Crippen LogP) is 5.06. The van der Waals surface area contributed by atoms with E-state index in [9.17, 15) is 9.59 Å². The van der Waals surface area contributed by atoms with Crippen molar-refractivity contribution < 1.29 is 14.3 Å². The van der Waals surface area contributed by atoms with E-state index in [4.69, 9.17) is 4.74 Å². The van der Waals surface area contributed by atoms with Crippen LogP contribution in [0.3, 0.4) is 0 Å². The number of nitrogens with zero attached hydrogens (tertiary/aromatic N) is 1. The fraction of sp³-hybridized carbons (Fsp3) is 0.889. The van der Waals surface area contributed by atoms with Gasteiger partial charge in [0.1, 0.15) is 6.61 Å². The summed E-state index contributed by atoms with van der Waals surface area (Å²) in [5.74, 6) is -0.0745. The number of ether oxygens (including phenoxy) is 1. The molecule has 1 aliphatic heterocycles. The molecule has 0 aromatic heterocycles. The molecule has 0 N–H and O–H groups in total. The molecular formula is C18H33NO3. The molecule has 0 spiro atoms. The second kappa shape index (κ2) is 12.5. The Morgan fingerprint density at radius 2 is 1.41 bits per heavy atom. The number of cyclic esters (lactones) is 1. The van der Waals surface area contributed by atoms with Crippen LogP contribution in [-0.2, 0) is 9.53 Å². The first-order chi connectivity index (χ1) is 10.8. The Morgan fingerprint density at radius 3 is 1.86 bits per heavy atom. The van der Waals surface area contributed by atoms with Crippen molar-refractivity contribution in [2.24, 2.45) is 0 Å². The van der Waals surface area contributed by atoms with Crippen molar-refractivity contribution in [1.29, 1.82) is 0 Å². The number of unbranched alkanes of at least 4 members (excludes halogenated alkanes) is 11. The summed E-state index contributed by atoms with van der Waals surface area (Å²) < 4.78 is 4.77. The standard InChI is InChI=1S/C18H33NO3/c1-2-3-4-5-6-7-8-9-10-11-12-13-14-17(20)19-15-16-22-18(19)21/h2-16H2,1H3. The monoisotopic (exact) mass is 311 g/mol. The van der Waals surface area contributed by atoms with Gasteiger partial charge in [0.15, 0.2) is 0 Å². The maximum atomic E-state index is 11.8. The van der Waals surface area contributed by atoms with E-state index in [1.54, 1.807) is 0 Å². The van der Waals surface area contributed by atoms with Gasteiger partial charge in [0.25, 0.3) is 0 Å². The van der Waals surface area contributed by atoms with Gasteiger partial charge in [0, 0.05) is 6.42 Å². The second-order valence-electron chi connectivity index (χ2n) is 6.30. The Labute approximate surface area is 135 Å². The van der Waals surface area contributed by atoms with Crippen LogP contribution in [0.25, 0.3) is 0 Å². The largest absolute Gasteiger partial charge is 0.447 e. The molecule has 0 bridgehead atoms. The van der Waals surface area contributed by atoms with Gasteiger partial charge in [-0.15, -0.1) is 0 Å². The first-order valence-corrected chi connectivity index (χ1v) is 9.23. The lowest BCUT2D eigenvalue weighted by Crippen LogP contribution is -2.31. The maximum Gasteiger partial charge on any atom is 0.416 e. The van der Waals surface area contributed by atoms with Crippen molar-refractivity contribution in [2.75, 3.05) is 13.2 Å². The zero-order valence-electron chi connectivity index (χ0n) is 14.3. The van der Waals surface area contributed by atoms with Crippen LogP contribution in [0.15, 0.2) is 0 Å². The molecular weight excluding hydrogens is 278 g/mol. The zero-order chi connectivity index (χ0) is 16.0. The summed E-state index contributed by atoms with van der Waals surface area (Å²) in [6, 6.07) is 0. The third-order valence-corrected chi connectivity index (χ3v) is 4.31. The molecule has 0 aromatic carbocycles. The molecule has 2 amide bonds. The van der Waals surface area contributed by atoms with Gasteiger partial charge in [-0.2, -0.15) is 0 Å². The number of rotatable bonds is 13. The van der Waals surface area contributed by atoms with E-state index >= 15 is 0 Å². The minimum Gasteiger partial charge on any atom is -0.447 e. The summed E-state index contributed by atoms with van der Waals surface area (Å²) in [6.07, 6.45) is 15.4. The van der Waals surface area contributed by atoms with Crippen molar-refractivity contribution in [2.45, 2.75) is 90.4 Å². The number of amides is 2. The van der Waals surface area contributed by atoms with Gasteiger partial charge in [0.2, 0.25) is 5.91 Å². The first kappa shape index (κ1) is 19.0. The van der Waals surface area contributed by atoms with E-state index in [1.165, 1.54) is 69.1 Å². The number of imide groups is 1. The third-order valence-electron chi connectivity index (χ3n) is 4.31. The fourth-order valence-electron chi connectivity index (χ4n) is 2.87. The maximum absolute atomic E-state index is 11.8. The third kappa shape index (κ3) is 8.40. The van der Waals surface area contributed by atoms with Crippen LogP contribution in [0.4, 0.5) is 4.79 Å². The molecule has 1 rings (SSSR count). The van der Waals surface area contributed by atoms with Crippen molar-refractivity contribution in [3.05, 3.63) is 0 Å². The van der Waals surface area contributed by atoms with Crippen molar-refractivity contribution in [3.63, 3.8) is 0 Å². The second-order valence-corrected chi connectivity index (χ2v) is 6.30. The van der Waals surface area contributed by atoms with Crippen LogP contribution in [0.1, 0.15) is 90.4 Å². The van der Waals surface area contributed by atoms with Gasteiger partial charge in [-0.1, -0.05) is 77.6 Å². The lowest BCUT2D eigenvalue weighted by atomic mass is 10.0. The molecule has 0 radical (unpaired) electrons. The Bertz CT molecular complexity index is 317. The summed E-state index contributed by atoms with van der Waals surface area (Å²) in [5, 5.41) is 0. The Morgan fingerprint density at radius 1 is 0.909 bits per heavy atom. The summed E-state index contributed by atoms with van der Waals surface area (Å²) in [6.45, 7) is 3.03. The van der Waals surface area contributed by atoms with E-state index in [-0.39, 0.29) is 5.91 Å². The highest BCUT2D eigenvalue weighted by Crippen LogP contribution is 2.13. The lowest BCUT2D eigenvalue weighted by Gasteiger charge is -2.10. The molecule has 0 saturated carbocycles. The average Bonchev–Trinajstić information content (AvgIpc) is 2.94. The van der Waals surface area contributed by atoms with Gasteiger partial charge < -0.3 is 4.74 Å².